The number of hydrogen-bond donors (Lipinski definition) is 0. The van der Waals surface area contributed by atoms with Gasteiger partial charge >= 0.3 is 5.97 Å². The molecule has 6 nitrogen and oxygen atoms in total. The summed E-state index contributed by atoms with van der Waals surface area (Å²) < 4.78 is 6.63. The lowest BCUT2D eigenvalue weighted by Crippen LogP contribution is -2.26. The minimum Gasteiger partial charge on any atom is -0.469 e. The van der Waals surface area contributed by atoms with Gasteiger partial charge in [-0.05, 0) is 18.2 Å². The second-order valence-corrected chi connectivity index (χ2v) is 4.96. The molecule has 1 amide bonds. The van der Waals surface area contributed by atoms with Crippen molar-refractivity contribution in [2.24, 2.45) is 13.0 Å². The number of hydrogen-bond acceptors (Lipinski definition) is 4. The Balaban J connectivity index is 1.91. The number of nitrogens with zero attached hydrogens (tertiary/aromatic N) is 3. The van der Waals surface area contributed by atoms with Crippen molar-refractivity contribution in [2.75, 3.05) is 18.6 Å². The molecule has 1 aromatic carbocycles. The van der Waals surface area contributed by atoms with Crippen molar-refractivity contribution in [2.45, 2.75) is 6.42 Å². The number of carbonyl (C=O) groups is 2. The van der Waals surface area contributed by atoms with Crippen LogP contribution in [0.15, 0.2) is 24.5 Å². The Morgan fingerprint density at radius 2 is 2.25 bits per heavy atom. The average molecular weight is 273 g/mol. The molecule has 0 bridgehead atoms. The van der Waals surface area contributed by atoms with Gasteiger partial charge in [0, 0.05) is 25.7 Å². The number of aryl methyl sites for hydroxylation is 1. The van der Waals surface area contributed by atoms with E-state index in [0.717, 1.165) is 16.7 Å². The van der Waals surface area contributed by atoms with Crippen LogP contribution in [0, 0.1) is 5.92 Å². The summed E-state index contributed by atoms with van der Waals surface area (Å²) in [5, 5.41) is 0. The number of amides is 1. The molecule has 1 fully saturated rings. The molecule has 104 valence electrons. The Morgan fingerprint density at radius 3 is 3.00 bits per heavy atom. The summed E-state index contributed by atoms with van der Waals surface area (Å²) in [6, 6.07) is 5.67. The number of ether oxygens (including phenoxy) is 1. The highest BCUT2D eigenvalue weighted by Crippen LogP contribution is 2.28. The maximum atomic E-state index is 12.0. The number of methoxy groups -OCH3 is 1. The molecule has 20 heavy (non-hydrogen) atoms. The molecule has 2 aromatic rings. The van der Waals surface area contributed by atoms with E-state index in [0.29, 0.717) is 6.54 Å². The van der Waals surface area contributed by atoms with Crippen LogP contribution in [-0.4, -0.2) is 35.1 Å². The molecule has 2 heterocycles. The molecule has 0 radical (unpaired) electrons. The van der Waals surface area contributed by atoms with Gasteiger partial charge in [0.1, 0.15) is 0 Å². The Kier molecular flexibility index (Phi) is 2.93. The first-order valence-corrected chi connectivity index (χ1v) is 6.39. The fourth-order valence-electron chi connectivity index (χ4n) is 2.57. The highest BCUT2D eigenvalue weighted by molar-refractivity contribution is 6.00. The summed E-state index contributed by atoms with van der Waals surface area (Å²) in [4.78, 5) is 29.5. The maximum absolute atomic E-state index is 12.0. The first kappa shape index (κ1) is 12.7. The van der Waals surface area contributed by atoms with Crippen LogP contribution in [0.4, 0.5) is 5.69 Å². The normalized spacial score (nSPS) is 18.8. The van der Waals surface area contributed by atoms with Crippen molar-refractivity contribution in [3.8, 4) is 0 Å². The van der Waals surface area contributed by atoms with E-state index in [1.165, 1.54) is 7.11 Å². The van der Waals surface area contributed by atoms with Crippen LogP contribution in [0.25, 0.3) is 11.0 Å². The standard InChI is InChI=1S/C14H15N3O3/c1-16-8-15-11-6-10(3-4-12(11)16)17-7-9(5-13(17)18)14(19)20-2/h3-4,6,8-9H,5,7H2,1-2H3. The van der Waals surface area contributed by atoms with Crippen molar-refractivity contribution in [1.82, 2.24) is 9.55 Å². The summed E-state index contributed by atoms with van der Waals surface area (Å²) in [7, 11) is 3.26. The molecule has 3 rings (SSSR count). The van der Waals surface area contributed by atoms with Gasteiger partial charge in [-0.3, -0.25) is 9.59 Å². The number of benzene rings is 1. The quantitative estimate of drug-likeness (QED) is 0.769. The van der Waals surface area contributed by atoms with Gasteiger partial charge < -0.3 is 14.2 Å². The van der Waals surface area contributed by atoms with Crippen LogP contribution in [0.1, 0.15) is 6.42 Å². The average Bonchev–Trinajstić information content (AvgIpc) is 3.01. The lowest BCUT2D eigenvalue weighted by atomic mass is 10.1. The first-order valence-electron chi connectivity index (χ1n) is 6.39. The Morgan fingerprint density at radius 1 is 1.45 bits per heavy atom. The third kappa shape index (κ3) is 1.93. The fraction of sp³-hybridized carbons (Fsp3) is 0.357. The molecule has 0 saturated carbocycles. The Labute approximate surface area is 115 Å². The predicted molar refractivity (Wildman–Crippen MR) is 73.2 cm³/mol. The van der Waals surface area contributed by atoms with E-state index in [1.54, 1.807) is 11.2 Å². The van der Waals surface area contributed by atoms with Gasteiger partial charge in [0.25, 0.3) is 0 Å². The van der Waals surface area contributed by atoms with Crippen molar-refractivity contribution >= 4 is 28.6 Å². The number of fused-ring (bicyclic) bond motifs is 1. The second kappa shape index (κ2) is 4.63. The van der Waals surface area contributed by atoms with Gasteiger partial charge in [-0.15, -0.1) is 0 Å². The predicted octanol–water partition coefficient (Wildman–Crippen LogP) is 1.10. The van der Waals surface area contributed by atoms with Crippen LogP contribution in [0.2, 0.25) is 0 Å². The van der Waals surface area contributed by atoms with E-state index in [1.807, 2.05) is 29.8 Å². The molecule has 1 aliphatic heterocycles. The maximum Gasteiger partial charge on any atom is 0.311 e. The SMILES string of the molecule is COC(=O)C1CC(=O)N(c2ccc3c(c2)ncn3C)C1. The van der Waals surface area contributed by atoms with Crippen LogP contribution in [0.5, 0.6) is 0 Å². The number of aromatic nitrogens is 2. The molecule has 1 aromatic heterocycles. The Bertz CT molecular complexity index is 692. The third-order valence-corrected chi connectivity index (χ3v) is 3.68. The summed E-state index contributed by atoms with van der Waals surface area (Å²) in [6.45, 7) is 0.365. The summed E-state index contributed by atoms with van der Waals surface area (Å²) in [5.74, 6) is -0.776. The molecule has 1 saturated heterocycles. The van der Waals surface area contributed by atoms with E-state index in [4.69, 9.17) is 4.74 Å². The van der Waals surface area contributed by atoms with Gasteiger partial charge in [-0.25, -0.2) is 4.98 Å². The molecule has 1 atom stereocenters. The van der Waals surface area contributed by atoms with Gasteiger partial charge in [0.15, 0.2) is 0 Å². The molecule has 0 spiro atoms. The number of carbonyl (C=O) groups excluding carboxylic acids is 2. The molecular weight excluding hydrogens is 258 g/mol. The largest absolute Gasteiger partial charge is 0.469 e. The highest BCUT2D eigenvalue weighted by atomic mass is 16.5. The summed E-state index contributed by atoms with van der Waals surface area (Å²) in [6.07, 6.45) is 1.93. The number of anilines is 1. The number of esters is 1. The lowest BCUT2D eigenvalue weighted by Gasteiger charge is -2.16. The monoisotopic (exact) mass is 273 g/mol. The zero-order chi connectivity index (χ0) is 14.3. The van der Waals surface area contributed by atoms with Crippen molar-refractivity contribution in [1.29, 1.82) is 0 Å². The van der Waals surface area contributed by atoms with E-state index >= 15 is 0 Å². The van der Waals surface area contributed by atoms with E-state index < -0.39 is 0 Å². The number of imidazole rings is 1. The van der Waals surface area contributed by atoms with Crippen LogP contribution >= 0.6 is 0 Å². The summed E-state index contributed by atoms with van der Waals surface area (Å²) >= 11 is 0. The lowest BCUT2D eigenvalue weighted by molar-refractivity contribution is -0.145. The zero-order valence-corrected chi connectivity index (χ0v) is 11.4. The fourth-order valence-corrected chi connectivity index (χ4v) is 2.57. The van der Waals surface area contributed by atoms with E-state index in [9.17, 15) is 9.59 Å². The van der Waals surface area contributed by atoms with Crippen LogP contribution < -0.4 is 4.90 Å². The van der Waals surface area contributed by atoms with Crippen LogP contribution in [0.3, 0.4) is 0 Å². The van der Waals surface area contributed by atoms with Crippen molar-refractivity contribution < 1.29 is 14.3 Å². The smallest absolute Gasteiger partial charge is 0.311 e. The van der Waals surface area contributed by atoms with E-state index in [2.05, 4.69) is 4.98 Å². The topological polar surface area (TPSA) is 64.4 Å². The highest BCUT2D eigenvalue weighted by Gasteiger charge is 2.35. The zero-order valence-electron chi connectivity index (χ0n) is 11.4. The molecule has 6 heteroatoms. The molecule has 0 aliphatic carbocycles. The van der Waals surface area contributed by atoms with Gasteiger partial charge in [-0.1, -0.05) is 0 Å². The minimum atomic E-state index is -0.382. The first-order chi connectivity index (χ1) is 9.60. The van der Waals surface area contributed by atoms with Gasteiger partial charge in [0.2, 0.25) is 5.91 Å². The number of rotatable bonds is 2. The third-order valence-electron chi connectivity index (χ3n) is 3.68. The molecule has 1 unspecified atom stereocenters. The molecular formula is C14H15N3O3. The van der Waals surface area contributed by atoms with Gasteiger partial charge in [-0.2, -0.15) is 0 Å². The van der Waals surface area contributed by atoms with Gasteiger partial charge in [0.05, 0.1) is 30.4 Å². The van der Waals surface area contributed by atoms with Crippen LogP contribution in [-0.2, 0) is 21.4 Å². The molecule has 0 N–H and O–H groups in total. The minimum absolute atomic E-state index is 0.0596. The second-order valence-electron chi connectivity index (χ2n) is 4.96. The Hall–Kier alpha value is -2.37. The van der Waals surface area contributed by atoms with Crippen molar-refractivity contribution in [3.05, 3.63) is 24.5 Å². The molecule has 1 aliphatic rings. The summed E-state index contributed by atoms with van der Waals surface area (Å²) in [5.41, 5.74) is 2.61. The van der Waals surface area contributed by atoms with Crippen molar-refractivity contribution in [3.63, 3.8) is 0 Å². The van der Waals surface area contributed by atoms with E-state index in [-0.39, 0.29) is 24.2 Å².